The lowest BCUT2D eigenvalue weighted by Gasteiger charge is -2.26. The molecule has 3 rings (SSSR count). The molecule has 0 spiro atoms. The van der Waals surface area contributed by atoms with Gasteiger partial charge in [-0.2, -0.15) is 0 Å². The second-order valence-corrected chi connectivity index (χ2v) is 6.91. The van der Waals surface area contributed by atoms with Gasteiger partial charge in [0.2, 0.25) is 0 Å². The molecule has 0 saturated carbocycles. The standard InChI is InChI=1S/C24H25NO4/c26-18-23(27)10-8-19-4-6-20(7-5-19)9-11-24(28)22-3-1-2-21(16-22)17-25-12-14-29-15-13-25/h1-11,16,26H,12-15,17-18H2/b10-8+,11-9+. The van der Waals surface area contributed by atoms with Crippen LogP contribution < -0.4 is 0 Å². The third-order valence-electron chi connectivity index (χ3n) is 4.70. The number of ketones is 2. The molecule has 5 heteroatoms. The van der Waals surface area contributed by atoms with Crippen LogP contribution in [-0.4, -0.2) is 54.5 Å². The summed E-state index contributed by atoms with van der Waals surface area (Å²) in [4.78, 5) is 26.0. The summed E-state index contributed by atoms with van der Waals surface area (Å²) in [7, 11) is 0. The van der Waals surface area contributed by atoms with Gasteiger partial charge in [-0.1, -0.05) is 54.6 Å². The van der Waals surface area contributed by atoms with E-state index in [0.717, 1.165) is 49.5 Å². The molecule has 1 fully saturated rings. The molecule has 1 saturated heterocycles. The van der Waals surface area contributed by atoms with E-state index in [1.807, 2.05) is 48.5 Å². The zero-order chi connectivity index (χ0) is 20.5. The van der Waals surface area contributed by atoms with Crippen LogP contribution >= 0.6 is 0 Å². The third-order valence-corrected chi connectivity index (χ3v) is 4.70. The lowest BCUT2D eigenvalue weighted by molar-refractivity contribution is -0.117. The lowest BCUT2D eigenvalue weighted by atomic mass is 10.0. The Morgan fingerprint density at radius 3 is 2.28 bits per heavy atom. The maximum absolute atomic E-state index is 12.5. The van der Waals surface area contributed by atoms with Crippen molar-refractivity contribution in [1.82, 2.24) is 4.90 Å². The SMILES string of the molecule is O=C(/C=C/c1ccc(/C=C/C(=O)c2cccc(CN3CCOCC3)c2)cc1)CO. The summed E-state index contributed by atoms with van der Waals surface area (Å²) in [6, 6.07) is 15.2. The number of morpholine rings is 1. The minimum Gasteiger partial charge on any atom is -0.388 e. The van der Waals surface area contributed by atoms with Crippen LogP contribution in [0.3, 0.4) is 0 Å². The zero-order valence-electron chi connectivity index (χ0n) is 16.3. The lowest BCUT2D eigenvalue weighted by Crippen LogP contribution is -2.35. The van der Waals surface area contributed by atoms with E-state index in [1.54, 1.807) is 18.2 Å². The van der Waals surface area contributed by atoms with E-state index < -0.39 is 6.61 Å². The smallest absolute Gasteiger partial charge is 0.185 e. The van der Waals surface area contributed by atoms with Crippen molar-refractivity contribution in [2.75, 3.05) is 32.9 Å². The molecule has 0 amide bonds. The minimum atomic E-state index is -0.493. The monoisotopic (exact) mass is 391 g/mol. The van der Waals surface area contributed by atoms with Gasteiger partial charge >= 0.3 is 0 Å². The molecule has 0 aliphatic carbocycles. The van der Waals surface area contributed by atoms with Gasteiger partial charge in [0.05, 0.1) is 13.2 Å². The highest BCUT2D eigenvalue weighted by Crippen LogP contribution is 2.13. The predicted octanol–water partition coefficient (Wildman–Crippen LogP) is 2.99. The van der Waals surface area contributed by atoms with Gasteiger partial charge in [-0.15, -0.1) is 0 Å². The highest BCUT2D eigenvalue weighted by molar-refractivity contribution is 6.06. The van der Waals surface area contributed by atoms with Crippen molar-refractivity contribution in [2.45, 2.75) is 6.54 Å². The molecule has 1 aliphatic heterocycles. The first-order valence-corrected chi connectivity index (χ1v) is 9.67. The number of carbonyl (C=O) groups is 2. The van der Waals surface area contributed by atoms with Crippen molar-refractivity contribution in [3.63, 3.8) is 0 Å². The Balaban J connectivity index is 1.60. The van der Waals surface area contributed by atoms with Gasteiger partial charge in [0.25, 0.3) is 0 Å². The van der Waals surface area contributed by atoms with E-state index in [-0.39, 0.29) is 11.6 Å². The maximum Gasteiger partial charge on any atom is 0.185 e. The van der Waals surface area contributed by atoms with E-state index in [4.69, 9.17) is 9.84 Å². The first-order chi connectivity index (χ1) is 14.1. The van der Waals surface area contributed by atoms with Gasteiger partial charge < -0.3 is 9.84 Å². The number of allylic oxidation sites excluding steroid dienone is 1. The number of carbonyl (C=O) groups excluding carboxylic acids is 2. The summed E-state index contributed by atoms with van der Waals surface area (Å²) in [5, 5.41) is 8.72. The van der Waals surface area contributed by atoms with Crippen LogP contribution in [0.5, 0.6) is 0 Å². The molecule has 0 unspecified atom stereocenters. The Labute approximate surface area is 170 Å². The molecule has 2 aromatic carbocycles. The van der Waals surface area contributed by atoms with Gasteiger partial charge in [-0.25, -0.2) is 0 Å². The van der Waals surface area contributed by atoms with Crippen LogP contribution in [0.2, 0.25) is 0 Å². The van der Waals surface area contributed by atoms with Crippen molar-refractivity contribution in [3.05, 3.63) is 82.9 Å². The van der Waals surface area contributed by atoms with Crippen LogP contribution in [0.15, 0.2) is 60.7 Å². The maximum atomic E-state index is 12.5. The van der Waals surface area contributed by atoms with Gasteiger partial charge in [-0.3, -0.25) is 14.5 Å². The number of benzene rings is 2. The predicted molar refractivity (Wildman–Crippen MR) is 113 cm³/mol. The van der Waals surface area contributed by atoms with Crippen LogP contribution in [0.4, 0.5) is 0 Å². The molecule has 5 nitrogen and oxygen atoms in total. The van der Waals surface area contributed by atoms with Crippen molar-refractivity contribution in [1.29, 1.82) is 0 Å². The second-order valence-electron chi connectivity index (χ2n) is 6.91. The molecule has 29 heavy (non-hydrogen) atoms. The van der Waals surface area contributed by atoms with Crippen LogP contribution in [0, 0.1) is 0 Å². The molecule has 0 atom stereocenters. The Kier molecular flexibility index (Phi) is 7.64. The van der Waals surface area contributed by atoms with E-state index in [1.165, 1.54) is 6.08 Å². The van der Waals surface area contributed by atoms with Gasteiger partial charge in [0.15, 0.2) is 11.6 Å². The minimum absolute atomic E-state index is 0.0358. The fraction of sp³-hybridized carbons (Fsp3) is 0.250. The highest BCUT2D eigenvalue weighted by Gasteiger charge is 2.11. The molecule has 0 bridgehead atoms. The number of aliphatic hydroxyl groups is 1. The van der Waals surface area contributed by atoms with E-state index in [0.29, 0.717) is 5.56 Å². The summed E-state index contributed by atoms with van der Waals surface area (Å²) >= 11 is 0. The molecule has 1 heterocycles. The molecule has 1 N–H and O–H groups in total. The number of ether oxygens (including phenoxy) is 1. The van der Waals surface area contributed by atoms with E-state index in [2.05, 4.69) is 4.90 Å². The first-order valence-electron chi connectivity index (χ1n) is 9.67. The average molecular weight is 391 g/mol. The fourth-order valence-electron chi connectivity index (χ4n) is 3.07. The molecule has 1 aliphatic rings. The van der Waals surface area contributed by atoms with Gasteiger partial charge in [0.1, 0.15) is 6.61 Å². The Hall–Kier alpha value is -2.86. The van der Waals surface area contributed by atoms with Crippen molar-refractivity contribution in [3.8, 4) is 0 Å². The van der Waals surface area contributed by atoms with Crippen LogP contribution in [0.1, 0.15) is 27.0 Å². The largest absolute Gasteiger partial charge is 0.388 e. The normalized spacial score (nSPS) is 15.2. The third kappa shape index (κ3) is 6.61. The number of hydrogen-bond donors (Lipinski definition) is 1. The Morgan fingerprint density at radius 2 is 1.62 bits per heavy atom. The summed E-state index contributed by atoms with van der Waals surface area (Å²) < 4.78 is 5.38. The van der Waals surface area contributed by atoms with Gasteiger partial charge in [-0.05, 0) is 34.9 Å². The van der Waals surface area contributed by atoms with Crippen molar-refractivity contribution < 1.29 is 19.4 Å². The van der Waals surface area contributed by atoms with Crippen LogP contribution in [-0.2, 0) is 16.1 Å². The number of hydrogen-bond acceptors (Lipinski definition) is 5. The topological polar surface area (TPSA) is 66.8 Å². The number of aliphatic hydroxyl groups excluding tert-OH is 1. The van der Waals surface area contributed by atoms with Crippen molar-refractivity contribution in [2.24, 2.45) is 0 Å². The molecular weight excluding hydrogens is 366 g/mol. The molecule has 2 aromatic rings. The Morgan fingerprint density at radius 1 is 0.966 bits per heavy atom. The Bertz CT molecular complexity index is 893. The van der Waals surface area contributed by atoms with E-state index >= 15 is 0 Å². The summed E-state index contributed by atoms with van der Waals surface area (Å²) in [6.45, 7) is 3.67. The number of rotatable bonds is 8. The molecule has 0 aromatic heterocycles. The summed E-state index contributed by atoms with van der Waals surface area (Å²) in [6.07, 6.45) is 6.35. The van der Waals surface area contributed by atoms with E-state index in [9.17, 15) is 9.59 Å². The number of nitrogens with zero attached hydrogens (tertiary/aromatic N) is 1. The average Bonchev–Trinajstić information content (AvgIpc) is 2.77. The van der Waals surface area contributed by atoms with Crippen LogP contribution in [0.25, 0.3) is 12.2 Å². The summed E-state index contributed by atoms with van der Waals surface area (Å²) in [5.41, 5.74) is 3.55. The zero-order valence-corrected chi connectivity index (χ0v) is 16.3. The quantitative estimate of drug-likeness (QED) is 0.554. The molecule has 0 radical (unpaired) electrons. The summed E-state index contributed by atoms with van der Waals surface area (Å²) in [5.74, 6) is -0.373. The van der Waals surface area contributed by atoms with Gasteiger partial charge in [0, 0.05) is 25.2 Å². The molecule has 150 valence electrons. The highest BCUT2D eigenvalue weighted by atomic mass is 16.5. The molecular formula is C24H25NO4. The second kappa shape index (κ2) is 10.6. The fourth-order valence-corrected chi connectivity index (χ4v) is 3.07. The first kappa shape index (κ1) is 20.9. The van der Waals surface area contributed by atoms with Crippen molar-refractivity contribution >= 4 is 23.7 Å².